The maximum absolute atomic E-state index is 12.1. The van der Waals surface area contributed by atoms with E-state index in [-0.39, 0.29) is 11.3 Å². The molecule has 5 heteroatoms. The fourth-order valence-electron chi connectivity index (χ4n) is 2.50. The van der Waals surface area contributed by atoms with E-state index in [1.807, 2.05) is 12.5 Å². The van der Waals surface area contributed by atoms with E-state index in [9.17, 15) is 4.79 Å². The monoisotopic (exact) mass is 264 g/mol. The molecule has 0 aliphatic carbocycles. The highest BCUT2D eigenvalue weighted by Gasteiger charge is 2.34. The molecule has 106 valence electrons. The van der Waals surface area contributed by atoms with E-state index in [1.165, 1.54) is 0 Å². The fourth-order valence-corrected chi connectivity index (χ4v) is 2.50. The zero-order chi connectivity index (χ0) is 13.6. The van der Waals surface area contributed by atoms with Crippen molar-refractivity contribution in [2.75, 3.05) is 19.6 Å². The van der Waals surface area contributed by atoms with Crippen LogP contribution in [0.15, 0.2) is 18.7 Å². The van der Waals surface area contributed by atoms with Gasteiger partial charge in [0.25, 0.3) is 0 Å². The van der Waals surface area contributed by atoms with Crippen LogP contribution in [-0.4, -0.2) is 35.1 Å². The van der Waals surface area contributed by atoms with Gasteiger partial charge in [0.1, 0.15) is 0 Å². The van der Waals surface area contributed by atoms with Gasteiger partial charge in [-0.2, -0.15) is 0 Å². The average Bonchev–Trinajstić information content (AvgIpc) is 2.92. The molecule has 2 N–H and O–H groups in total. The van der Waals surface area contributed by atoms with Crippen LogP contribution in [0.1, 0.15) is 32.6 Å². The SMILES string of the molecule is CC1(C(=O)NCCCCn2ccnc2)CCCNC1. The highest BCUT2D eigenvalue weighted by molar-refractivity contribution is 5.82. The Morgan fingerprint density at radius 1 is 1.53 bits per heavy atom. The summed E-state index contributed by atoms with van der Waals surface area (Å²) in [7, 11) is 0. The molecule has 1 unspecified atom stereocenters. The first-order valence-corrected chi connectivity index (χ1v) is 7.15. The van der Waals surface area contributed by atoms with Gasteiger partial charge in [0.15, 0.2) is 0 Å². The van der Waals surface area contributed by atoms with Crippen LogP contribution in [0.5, 0.6) is 0 Å². The van der Waals surface area contributed by atoms with Gasteiger partial charge in [-0.05, 0) is 39.2 Å². The van der Waals surface area contributed by atoms with Crippen LogP contribution in [-0.2, 0) is 11.3 Å². The summed E-state index contributed by atoms with van der Waals surface area (Å²) in [4.78, 5) is 16.2. The fraction of sp³-hybridized carbons (Fsp3) is 0.714. The number of aryl methyl sites for hydroxylation is 1. The smallest absolute Gasteiger partial charge is 0.227 e. The van der Waals surface area contributed by atoms with Gasteiger partial charge in [-0.25, -0.2) is 4.98 Å². The lowest BCUT2D eigenvalue weighted by atomic mass is 9.82. The maximum atomic E-state index is 12.1. The lowest BCUT2D eigenvalue weighted by Crippen LogP contribution is -2.48. The van der Waals surface area contributed by atoms with Crippen LogP contribution >= 0.6 is 0 Å². The number of imidazole rings is 1. The molecule has 0 saturated carbocycles. The molecule has 0 aromatic carbocycles. The number of aromatic nitrogens is 2. The molecular weight excluding hydrogens is 240 g/mol. The van der Waals surface area contributed by atoms with E-state index < -0.39 is 0 Å². The highest BCUT2D eigenvalue weighted by Crippen LogP contribution is 2.25. The summed E-state index contributed by atoms with van der Waals surface area (Å²) in [5.41, 5.74) is -0.220. The van der Waals surface area contributed by atoms with Gasteiger partial charge in [-0.15, -0.1) is 0 Å². The topological polar surface area (TPSA) is 59.0 Å². The Labute approximate surface area is 114 Å². The Balaban J connectivity index is 1.61. The van der Waals surface area contributed by atoms with Crippen LogP contribution in [0.2, 0.25) is 0 Å². The summed E-state index contributed by atoms with van der Waals surface area (Å²) in [5, 5.41) is 6.37. The molecule has 0 spiro atoms. The third-order valence-electron chi connectivity index (χ3n) is 3.83. The van der Waals surface area contributed by atoms with Crippen LogP contribution in [0.4, 0.5) is 0 Å². The number of hydrogen-bond acceptors (Lipinski definition) is 3. The minimum Gasteiger partial charge on any atom is -0.356 e. The van der Waals surface area contributed by atoms with Crippen LogP contribution in [0.3, 0.4) is 0 Å². The molecule has 1 atom stereocenters. The Morgan fingerprint density at radius 2 is 2.42 bits per heavy atom. The van der Waals surface area contributed by atoms with E-state index in [2.05, 4.69) is 27.1 Å². The lowest BCUT2D eigenvalue weighted by molar-refractivity contribution is -0.131. The predicted octanol–water partition coefficient (Wildman–Crippen LogP) is 1.17. The van der Waals surface area contributed by atoms with Crippen molar-refractivity contribution in [3.63, 3.8) is 0 Å². The van der Waals surface area contributed by atoms with E-state index in [0.29, 0.717) is 0 Å². The van der Waals surface area contributed by atoms with Crippen molar-refractivity contribution in [3.8, 4) is 0 Å². The largest absolute Gasteiger partial charge is 0.356 e. The van der Waals surface area contributed by atoms with Crippen LogP contribution in [0.25, 0.3) is 0 Å². The average molecular weight is 264 g/mol. The predicted molar refractivity (Wildman–Crippen MR) is 74.7 cm³/mol. The molecule has 0 radical (unpaired) electrons. The van der Waals surface area contributed by atoms with Gasteiger partial charge in [-0.3, -0.25) is 4.79 Å². The van der Waals surface area contributed by atoms with Gasteiger partial charge >= 0.3 is 0 Å². The third kappa shape index (κ3) is 4.06. The normalized spacial score (nSPS) is 23.2. The minimum absolute atomic E-state index is 0.197. The Morgan fingerprint density at radius 3 is 3.11 bits per heavy atom. The zero-order valence-corrected chi connectivity index (χ0v) is 11.7. The molecule has 1 aliphatic rings. The standard InChI is InChI=1S/C14H24N4O/c1-14(5-4-6-15-11-14)13(19)17-7-2-3-9-18-10-8-16-12-18/h8,10,12,15H,2-7,9,11H2,1H3,(H,17,19). The Bertz CT molecular complexity index is 382. The quantitative estimate of drug-likeness (QED) is 0.758. The first-order valence-electron chi connectivity index (χ1n) is 7.15. The van der Waals surface area contributed by atoms with E-state index in [1.54, 1.807) is 6.20 Å². The van der Waals surface area contributed by atoms with Crippen molar-refractivity contribution in [1.29, 1.82) is 0 Å². The molecule has 19 heavy (non-hydrogen) atoms. The van der Waals surface area contributed by atoms with Crippen molar-refractivity contribution in [1.82, 2.24) is 20.2 Å². The first-order chi connectivity index (χ1) is 9.21. The second kappa shape index (κ2) is 6.70. The maximum Gasteiger partial charge on any atom is 0.227 e. The number of amides is 1. The minimum atomic E-state index is -0.220. The number of piperidine rings is 1. The summed E-state index contributed by atoms with van der Waals surface area (Å²) < 4.78 is 2.06. The van der Waals surface area contributed by atoms with Crippen molar-refractivity contribution < 1.29 is 4.79 Å². The van der Waals surface area contributed by atoms with Crippen LogP contribution in [0, 0.1) is 5.41 Å². The van der Waals surface area contributed by atoms with Crippen molar-refractivity contribution in [3.05, 3.63) is 18.7 Å². The van der Waals surface area contributed by atoms with Crippen molar-refractivity contribution in [2.24, 2.45) is 5.41 Å². The summed E-state index contributed by atoms with van der Waals surface area (Å²) in [5.74, 6) is 0.197. The van der Waals surface area contributed by atoms with E-state index in [4.69, 9.17) is 0 Å². The summed E-state index contributed by atoms with van der Waals surface area (Å²) >= 11 is 0. The molecule has 1 aliphatic heterocycles. The molecule has 2 heterocycles. The highest BCUT2D eigenvalue weighted by atomic mass is 16.2. The van der Waals surface area contributed by atoms with Gasteiger partial charge in [0.2, 0.25) is 5.91 Å². The Hall–Kier alpha value is -1.36. The molecule has 1 fully saturated rings. The van der Waals surface area contributed by atoms with E-state index >= 15 is 0 Å². The van der Waals surface area contributed by atoms with Gasteiger partial charge < -0.3 is 15.2 Å². The number of carbonyl (C=O) groups is 1. The Kier molecular flexibility index (Phi) is 4.96. The molecular formula is C14H24N4O. The molecule has 2 rings (SSSR count). The van der Waals surface area contributed by atoms with Gasteiger partial charge in [0.05, 0.1) is 11.7 Å². The van der Waals surface area contributed by atoms with Crippen molar-refractivity contribution in [2.45, 2.75) is 39.2 Å². The number of nitrogens with one attached hydrogen (secondary N) is 2. The summed E-state index contributed by atoms with van der Waals surface area (Å²) in [6.45, 7) is 5.62. The van der Waals surface area contributed by atoms with Gasteiger partial charge in [0, 0.05) is 32.0 Å². The van der Waals surface area contributed by atoms with Crippen molar-refractivity contribution >= 4 is 5.91 Å². The lowest BCUT2D eigenvalue weighted by Gasteiger charge is -2.32. The molecule has 1 aromatic rings. The number of carbonyl (C=O) groups excluding carboxylic acids is 1. The number of nitrogens with zero attached hydrogens (tertiary/aromatic N) is 2. The second-order valence-corrected chi connectivity index (χ2v) is 5.60. The van der Waals surface area contributed by atoms with Crippen LogP contribution < -0.4 is 10.6 Å². The number of hydrogen-bond donors (Lipinski definition) is 2. The number of unbranched alkanes of at least 4 members (excludes halogenated alkanes) is 1. The molecule has 1 amide bonds. The van der Waals surface area contributed by atoms with Gasteiger partial charge in [-0.1, -0.05) is 0 Å². The zero-order valence-electron chi connectivity index (χ0n) is 11.7. The molecule has 1 saturated heterocycles. The molecule has 5 nitrogen and oxygen atoms in total. The first kappa shape index (κ1) is 14.1. The second-order valence-electron chi connectivity index (χ2n) is 5.60. The number of rotatable bonds is 6. The third-order valence-corrected chi connectivity index (χ3v) is 3.83. The molecule has 1 aromatic heterocycles. The van der Waals surface area contributed by atoms with E-state index in [0.717, 1.165) is 51.9 Å². The molecule has 0 bridgehead atoms. The summed E-state index contributed by atoms with van der Waals surface area (Å²) in [6.07, 6.45) is 9.73. The summed E-state index contributed by atoms with van der Waals surface area (Å²) in [6, 6.07) is 0.